The van der Waals surface area contributed by atoms with Crippen LogP contribution in [0.1, 0.15) is 31.0 Å². The molecule has 1 N–H and O–H groups in total. The normalized spacial score (nSPS) is 10.8. The van der Waals surface area contributed by atoms with E-state index >= 15 is 0 Å². The molecule has 2 heterocycles. The van der Waals surface area contributed by atoms with E-state index in [1.807, 2.05) is 20.8 Å². The fraction of sp³-hybridized carbons (Fsp3) is 0.333. The van der Waals surface area contributed by atoms with Crippen LogP contribution in [0.5, 0.6) is 0 Å². The fourth-order valence-corrected chi connectivity index (χ4v) is 1.80. The summed E-state index contributed by atoms with van der Waals surface area (Å²) in [5.41, 5.74) is 1.32. The molecular weight excluding hydrogens is 216 g/mol. The molecule has 0 aliphatic heterocycles. The molecule has 0 aromatic carbocycles. The lowest BCUT2D eigenvalue weighted by Crippen LogP contribution is -2.19. The van der Waals surface area contributed by atoms with Crippen molar-refractivity contribution >= 4 is 0 Å². The monoisotopic (exact) mass is 230 g/mol. The third-order valence-corrected chi connectivity index (χ3v) is 2.50. The molecule has 0 aliphatic rings. The molecule has 88 valence electrons. The average molecular weight is 230 g/mol. The molecule has 5 nitrogen and oxygen atoms in total. The van der Waals surface area contributed by atoms with Gasteiger partial charge in [-0.05, 0) is 18.9 Å². The van der Waals surface area contributed by atoms with E-state index in [-0.39, 0.29) is 11.5 Å². The van der Waals surface area contributed by atoms with Crippen LogP contribution in [-0.4, -0.2) is 19.9 Å². The lowest BCUT2D eigenvalue weighted by molar-refractivity contribution is 0.812. The van der Waals surface area contributed by atoms with Crippen LogP contribution in [0.25, 0.3) is 11.6 Å². The first-order valence-corrected chi connectivity index (χ1v) is 5.47. The van der Waals surface area contributed by atoms with Gasteiger partial charge in [0.25, 0.3) is 5.56 Å². The summed E-state index contributed by atoms with van der Waals surface area (Å²) in [7, 11) is 0. The Morgan fingerprint density at radius 2 is 1.88 bits per heavy atom. The predicted molar refractivity (Wildman–Crippen MR) is 64.7 cm³/mol. The van der Waals surface area contributed by atoms with Gasteiger partial charge in [-0.2, -0.15) is 0 Å². The van der Waals surface area contributed by atoms with Gasteiger partial charge in [0.15, 0.2) is 11.6 Å². The molecule has 0 radical (unpaired) electrons. The van der Waals surface area contributed by atoms with Crippen molar-refractivity contribution < 1.29 is 0 Å². The van der Waals surface area contributed by atoms with Crippen LogP contribution in [-0.2, 0) is 0 Å². The van der Waals surface area contributed by atoms with Crippen LogP contribution >= 0.6 is 0 Å². The van der Waals surface area contributed by atoms with Gasteiger partial charge in [0.05, 0.1) is 0 Å². The Labute approximate surface area is 99.0 Å². The molecule has 2 aromatic heterocycles. The number of aromatic amines is 1. The zero-order chi connectivity index (χ0) is 12.4. The van der Waals surface area contributed by atoms with Gasteiger partial charge in [-0.3, -0.25) is 4.79 Å². The van der Waals surface area contributed by atoms with Crippen LogP contribution in [0, 0.1) is 6.92 Å². The molecule has 0 aliphatic carbocycles. The van der Waals surface area contributed by atoms with Gasteiger partial charge in [0.1, 0.15) is 0 Å². The number of hydrogen-bond donors (Lipinski definition) is 1. The second-order valence-electron chi connectivity index (χ2n) is 4.14. The highest BCUT2D eigenvalue weighted by Crippen LogP contribution is 2.14. The van der Waals surface area contributed by atoms with Gasteiger partial charge >= 0.3 is 0 Å². The molecule has 0 spiro atoms. The van der Waals surface area contributed by atoms with Crippen LogP contribution in [0.15, 0.2) is 23.3 Å². The minimum absolute atomic E-state index is 0.116. The van der Waals surface area contributed by atoms with Crippen LogP contribution in [0.3, 0.4) is 0 Å². The minimum Gasteiger partial charge on any atom is -0.304 e. The van der Waals surface area contributed by atoms with Gasteiger partial charge in [0.2, 0.25) is 0 Å². The maximum atomic E-state index is 11.9. The number of aromatic nitrogens is 4. The van der Waals surface area contributed by atoms with Gasteiger partial charge in [-0.1, -0.05) is 13.8 Å². The number of nitrogens with zero attached hydrogens (tertiary/aromatic N) is 3. The van der Waals surface area contributed by atoms with E-state index in [1.54, 1.807) is 18.5 Å². The summed E-state index contributed by atoms with van der Waals surface area (Å²) in [4.78, 5) is 27.1. The fourth-order valence-electron chi connectivity index (χ4n) is 1.80. The molecule has 0 atom stereocenters. The largest absolute Gasteiger partial charge is 0.304 e. The second-order valence-corrected chi connectivity index (χ2v) is 4.14. The molecule has 0 fully saturated rings. The van der Waals surface area contributed by atoms with Gasteiger partial charge in [-0.25, -0.2) is 15.0 Å². The van der Waals surface area contributed by atoms with Crippen LogP contribution in [0.4, 0.5) is 0 Å². The third kappa shape index (κ3) is 2.22. The van der Waals surface area contributed by atoms with E-state index in [2.05, 4.69) is 19.9 Å². The quantitative estimate of drug-likeness (QED) is 0.851. The molecule has 5 heteroatoms. The maximum absolute atomic E-state index is 11.9. The molecule has 2 rings (SSSR count). The lowest BCUT2D eigenvalue weighted by Gasteiger charge is -2.08. The first-order valence-electron chi connectivity index (χ1n) is 5.47. The van der Waals surface area contributed by atoms with Crippen molar-refractivity contribution in [1.82, 2.24) is 19.9 Å². The lowest BCUT2D eigenvalue weighted by atomic mass is 10.0. The average Bonchev–Trinajstić information content (AvgIpc) is 2.28. The summed E-state index contributed by atoms with van der Waals surface area (Å²) in [5, 5.41) is 0. The zero-order valence-electron chi connectivity index (χ0n) is 10.1. The molecule has 2 aromatic rings. The van der Waals surface area contributed by atoms with Crippen molar-refractivity contribution in [2.45, 2.75) is 26.7 Å². The SMILES string of the molecule is Cc1nc(-c2ncccn2)[nH]c(=O)c1C(C)C. The standard InChI is InChI=1S/C12H14N4O/c1-7(2)9-8(3)15-11(16-12(9)17)10-13-5-4-6-14-10/h4-7H,1-3H3,(H,15,16,17). The van der Waals surface area contributed by atoms with Crippen molar-refractivity contribution in [3.8, 4) is 11.6 Å². The van der Waals surface area contributed by atoms with Crippen LogP contribution < -0.4 is 5.56 Å². The Morgan fingerprint density at radius 3 is 2.41 bits per heavy atom. The van der Waals surface area contributed by atoms with Crippen molar-refractivity contribution in [3.63, 3.8) is 0 Å². The molecular formula is C12H14N4O. The first kappa shape index (κ1) is 11.4. The van der Waals surface area contributed by atoms with Gasteiger partial charge in [-0.15, -0.1) is 0 Å². The Hall–Kier alpha value is -2.04. The molecule has 0 unspecified atom stereocenters. The topological polar surface area (TPSA) is 71.5 Å². The summed E-state index contributed by atoms with van der Waals surface area (Å²) in [6.45, 7) is 5.77. The molecule has 0 bridgehead atoms. The highest BCUT2D eigenvalue weighted by molar-refractivity contribution is 5.43. The number of rotatable bonds is 2. The minimum atomic E-state index is -0.116. The van der Waals surface area contributed by atoms with E-state index in [4.69, 9.17) is 0 Å². The van der Waals surface area contributed by atoms with Crippen molar-refractivity contribution in [2.24, 2.45) is 0 Å². The number of nitrogens with one attached hydrogen (secondary N) is 1. The first-order chi connectivity index (χ1) is 8.09. The van der Waals surface area contributed by atoms with Gasteiger partial charge in [0, 0.05) is 23.7 Å². The summed E-state index contributed by atoms with van der Waals surface area (Å²) in [6, 6.07) is 1.72. The van der Waals surface area contributed by atoms with Crippen molar-refractivity contribution in [3.05, 3.63) is 40.1 Å². The Kier molecular flexibility index (Phi) is 2.99. The van der Waals surface area contributed by atoms with Crippen molar-refractivity contribution in [2.75, 3.05) is 0 Å². The summed E-state index contributed by atoms with van der Waals surface area (Å²) in [6.07, 6.45) is 3.24. The van der Waals surface area contributed by atoms with Crippen LogP contribution in [0.2, 0.25) is 0 Å². The summed E-state index contributed by atoms with van der Waals surface area (Å²) >= 11 is 0. The smallest absolute Gasteiger partial charge is 0.254 e. The van der Waals surface area contributed by atoms with E-state index in [0.29, 0.717) is 17.2 Å². The van der Waals surface area contributed by atoms with E-state index < -0.39 is 0 Å². The van der Waals surface area contributed by atoms with E-state index in [1.165, 1.54) is 0 Å². The van der Waals surface area contributed by atoms with E-state index in [9.17, 15) is 4.79 Å². The highest BCUT2D eigenvalue weighted by atomic mass is 16.1. The van der Waals surface area contributed by atoms with Gasteiger partial charge < -0.3 is 4.98 Å². The Morgan fingerprint density at radius 1 is 1.24 bits per heavy atom. The summed E-state index contributed by atoms with van der Waals surface area (Å²) in [5.74, 6) is 0.998. The predicted octanol–water partition coefficient (Wildman–Crippen LogP) is 1.66. The molecule has 0 amide bonds. The molecule has 17 heavy (non-hydrogen) atoms. The number of aryl methyl sites for hydroxylation is 1. The third-order valence-electron chi connectivity index (χ3n) is 2.50. The molecule has 0 saturated carbocycles. The number of hydrogen-bond acceptors (Lipinski definition) is 4. The second kappa shape index (κ2) is 4.45. The summed E-state index contributed by atoms with van der Waals surface area (Å²) < 4.78 is 0. The molecule has 0 saturated heterocycles. The highest BCUT2D eigenvalue weighted by Gasteiger charge is 2.13. The van der Waals surface area contributed by atoms with E-state index in [0.717, 1.165) is 5.69 Å². The maximum Gasteiger partial charge on any atom is 0.254 e. The Bertz CT molecular complexity index is 575. The Balaban J connectivity index is 2.58. The number of H-pyrrole nitrogens is 1. The van der Waals surface area contributed by atoms with Crippen molar-refractivity contribution in [1.29, 1.82) is 0 Å². The zero-order valence-corrected chi connectivity index (χ0v) is 10.1.